The van der Waals surface area contributed by atoms with Gasteiger partial charge in [-0.15, -0.1) is 6.58 Å². The number of para-hydroxylation sites is 1. The van der Waals surface area contributed by atoms with Crippen LogP contribution in [0.2, 0.25) is 18.1 Å². The number of carbonyl (C=O) groups excluding carboxylic acids is 1. The Labute approximate surface area is 135 Å². The molecular formula is C18H29NO2Si. The fourth-order valence-electron chi connectivity index (χ4n) is 1.84. The molecule has 122 valence electrons. The largest absolute Gasteiger partial charge is 0.417 e. The van der Waals surface area contributed by atoms with Gasteiger partial charge in [0.2, 0.25) is 0 Å². The molecule has 0 spiro atoms. The zero-order valence-corrected chi connectivity index (χ0v) is 15.5. The molecule has 0 radical (unpaired) electrons. The van der Waals surface area contributed by atoms with E-state index < -0.39 is 8.32 Å². The number of carbonyl (C=O) groups is 1. The first-order valence-electron chi connectivity index (χ1n) is 7.78. The van der Waals surface area contributed by atoms with Crippen LogP contribution in [0.4, 0.5) is 5.69 Å². The molecule has 0 bridgehead atoms. The molecule has 3 nitrogen and oxygen atoms in total. The second-order valence-electron chi connectivity index (χ2n) is 7.09. The van der Waals surface area contributed by atoms with Crippen LogP contribution in [0.1, 0.15) is 37.6 Å². The van der Waals surface area contributed by atoms with Gasteiger partial charge in [-0.25, -0.2) is 0 Å². The lowest BCUT2D eigenvalue weighted by Crippen LogP contribution is -2.41. The Kier molecular flexibility index (Phi) is 6.57. The summed E-state index contributed by atoms with van der Waals surface area (Å²) in [5.41, 5.74) is 1.51. The third kappa shape index (κ3) is 5.11. The van der Waals surface area contributed by atoms with Gasteiger partial charge in [0.05, 0.1) is 0 Å². The zero-order chi connectivity index (χ0) is 16.8. The zero-order valence-electron chi connectivity index (χ0n) is 14.5. The molecular weight excluding hydrogens is 290 g/mol. The van der Waals surface area contributed by atoms with Crippen LogP contribution in [0.15, 0.2) is 36.9 Å². The van der Waals surface area contributed by atoms with Crippen molar-refractivity contribution >= 4 is 20.3 Å². The average molecular weight is 320 g/mol. The second kappa shape index (κ2) is 7.74. The monoisotopic (exact) mass is 319 g/mol. The van der Waals surface area contributed by atoms with Crippen molar-refractivity contribution < 1.29 is 9.22 Å². The Hall–Kier alpha value is -1.39. The molecule has 0 fully saturated rings. The number of nitrogens with one attached hydrogen (secondary N) is 1. The highest BCUT2D eigenvalue weighted by atomic mass is 28.4. The van der Waals surface area contributed by atoms with Crippen molar-refractivity contribution in [3.63, 3.8) is 0 Å². The number of rotatable bonds is 8. The fraction of sp³-hybridized carbons (Fsp3) is 0.500. The Morgan fingerprint density at radius 3 is 2.50 bits per heavy atom. The van der Waals surface area contributed by atoms with E-state index in [-0.39, 0.29) is 11.1 Å². The standard InChI is InChI=1S/C18H29NO2Si/c1-7-16(12-13-21-22(5,6)18(2,3)4)19-17-11-9-8-10-15(17)14-20/h7-11,14,16,19H,1,12-13H2,2-6H3. The molecule has 0 aromatic heterocycles. The molecule has 0 saturated carbocycles. The van der Waals surface area contributed by atoms with E-state index in [2.05, 4.69) is 45.8 Å². The van der Waals surface area contributed by atoms with Gasteiger partial charge in [0.1, 0.15) is 0 Å². The molecule has 0 heterocycles. The molecule has 0 saturated heterocycles. The third-order valence-electron chi connectivity index (χ3n) is 4.41. The normalized spacial score (nSPS) is 13.5. The van der Waals surface area contributed by atoms with Crippen molar-refractivity contribution in [1.82, 2.24) is 0 Å². The van der Waals surface area contributed by atoms with Crippen molar-refractivity contribution in [2.24, 2.45) is 0 Å². The maximum absolute atomic E-state index is 11.1. The van der Waals surface area contributed by atoms with Gasteiger partial charge in [0.25, 0.3) is 0 Å². The lowest BCUT2D eigenvalue weighted by Gasteiger charge is -2.36. The van der Waals surface area contributed by atoms with Crippen LogP contribution >= 0.6 is 0 Å². The number of benzene rings is 1. The molecule has 0 aliphatic rings. The van der Waals surface area contributed by atoms with Crippen molar-refractivity contribution in [2.45, 2.75) is 51.4 Å². The summed E-state index contributed by atoms with van der Waals surface area (Å²) in [4.78, 5) is 11.1. The predicted octanol–water partition coefficient (Wildman–Crippen LogP) is 4.88. The summed E-state index contributed by atoms with van der Waals surface area (Å²) in [6, 6.07) is 7.59. The molecule has 4 heteroatoms. The van der Waals surface area contributed by atoms with Gasteiger partial charge >= 0.3 is 0 Å². The Morgan fingerprint density at radius 2 is 1.95 bits per heavy atom. The van der Waals surface area contributed by atoms with E-state index in [1.54, 1.807) is 0 Å². The van der Waals surface area contributed by atoms with Crippen LogP contribution in [0, 0.1) is 0 Å². The Bertz CT molecular complexity index is 506. The minimum atomic E-state index is -1.71. The topological polar surface area (TPSA) is 38.3 Å². The summed E-state index contributed by atoms with van der Waals surface area (Å²) in [6.45, 7) is 15.8. The van der Waals surface area contributed by atoms with Crippen molar-refractivity contribution in [3.8, 4) is 0 Å². The predicted molar refractivity (Wildman–Crippen MR) is 97.2 cm³/mol. The fourth-order valence-corrected chi connectivity index (χ4v) is 2.90. The highest BCUT2D eigenvalue weighted by molar-refractivity contribution is 6.74. The van der Waals surface area contributed by atoms with Gasteiger partial charge in [-0.1, -0.05) is 39.0 Å². The van der Waals surface area contributed by atoms with Crippen molar-refractivity contribution in [2.75, 3.05) is 11.9 Å². The summed E-state index contributed by atoms with van der Waals surface area (Å²) in [5.74, 6) is 0. The molecule has 1 N–H and O–H groups in total. The Balaban J connectivity index is 2.60. The first kappa shape index (κ1) is 18.7. The molecule has 0 aliphatic carbocycles. The van der Waals surface area contributed by atoms with Crippen LogP contribution in [0.25, 0.3) is 0 Å². The molecule has 1 aromatic rings. The van der Waals surface area contributed by atoms with E-state index in [0.717, 1.165) is 18.4 Å². The van der Waals surface area contributed by atoms with Crippen LogP contribution in [0.5, 0.6) is 0 Å². The minimum Gasteiger partial charge on any atom is -0.417 e. The molecule has 0 aliphatic heterocycles. The van der Waals surface area contributed by atoms with Crippen LogP contribution in [-0.4, -0.2) is 27.3 Å². The molecule has 1 unspecified atom stereocenters. The number of aldehydes is 1. The van der Waals surface area contributed by atoms with Crippen molar-refractivity contribution in [3.05, 3.63) is 42.5 Å². The summed E-state index contributed by atoms with van der Waals surface area (Å²) < 4.78 is 6.20. The van der Waals surface area contributed by atoms with Gasteiger partial charge in [-0.05, 0) is 36.7 Å². The average Bonchev–Trinajstić information content (AvgIpc) is 2.45. The van der Waals surface area contributed by atoms with Crippen molar-refractivity contribution in [1.29, 1.82) is 0 Å². The van der Waals surface area contributed by atoms with Crippen LogP contribution in [-0.2, 0) is 4.43 Å². The first-order valence-corrected chi connectivity index (χ1v) is 10.7. The first-order chi connectivity index (χ1) is 10.2. The highest BCUT2D eigenvalue weighted by Crippen LogP contribution is 2.36. The van der Waals surface area contributed by atoms with Gasteiger partial charge in [-0.3, -0.25) is 4.79 Å². The maximum atomic E-state index is 11.1. The smallest absolute Gasteiger partial charge is 0.191 e. The van der Waals surface area contributed by atoms with Gasteiger partial charge in [0, 0.05) is 23.9 Å². The minimum absolute atomic E-state index is 0.0888. The van der Waals surface area contributed by atoms with E-state index in [0.29, 0.717) is 12.2 Å². The van der Waals surface area contributed by atoms with Crippen LogP contribution in [0.3, 0.4) is 0 Å². The van der Waals surface area contributed by atoms with E-state index >= 15 is 0 Å². The van der Waals surface area contributed by atoms with E-state index in [1.807, 2.05) is 30.3 Å². The van der Waals surface area contributed by atoms with E-state index in [4.69, 9.17) is 4.43 Å². The van der Waals surface area contributed by atoms with Gasteiger partial charge in [0.15, 0.2) is 14.6 Å². The molecule has 0 amide bonds. The summed E-state index contributed by atoms with van der Waals surface area (Å²) >= 11 is 0. The van der Waals surface area contributed by atoms with Gasteiger partial charge < -0.3 is 9.74 Å². The summed E-state index contributed by atoms with van der Waals surface area (Å²) in [6.07, 6.45) is 3.58. The maximum Gasteiger partial charge on any atom is 0.191 e. The third-order valence-corrected chi connectivity index (χ3v) is 8.95. The number of hydrogen-bond acceptors (Lipinski definition) is 3. The molecule has 1 aromatic carbocycles. The molecule has 1 atom stereocenters. The molecule has 22 heavy (non-hydrogen) atoms. The van der Waals surface area contributed by atoms with E-state index in [1.165, 1.54) is 0 Å². The number of anilines is 1. The van der Waals surface area contributed by atoms with Gasteiger partial charge in [-0.2, -0.15) is 0 Å². The lowest BCUT2D eigenvalue weighted by molar-refractivity contribution is 0.112. The van der Waals surface area contributed by atoms with Crippen LogP contribution < -0.4 is 5.32 Å². The second-order valence-corrected chi connectivity index (χ2v) is 11.9. The quantitative estimate of drug-likeness (QED) is 0.422. The summed E-state index contributed by atoms with van der Waals surface area (Å²) in [7, 11) is -1.71. The number of hydrogen-bond donors (Lipinski definition) is 1. The highest BCUT2D eigenvalue weighted by Gasteiger charge is 2.36. The van der Waals surface area contributed by atoms with E-state index in [9.17, 15) is 4.79 Å². The Morgan fingerprint density at radius 1 is 1.32 bits per heavy atom. The lowest BCUT2D eigenvalue weighted by atomic mass is 10.1. The summed E-state index contributed by atoms with van der Waals surface area (Å²) in [5, 5.41) is 3.58. The SMILES string of the molecule is C=CC(CCO[Si](C)(C)C(C)(C)C)Nc1ccccc1C=O. The molecule has 1 rings (SSSR count).